The zero-order valence-electron chi connectivity index (χ0n) is 24.0. The number of benzene rings is 3. The van der Waals surface area contributed by atoms with E-state index >= 15 is 0 Å². The summed E-state index contributed by atoms with van der Waals surface area (Å²) in [7, 11) is -2.52. The zero-order chi connectivity index (χ0) is 29.4. The van der Waals surface area contributed by atoms with E-state index in [-0.39, 0.29) is 23.4 Å². The number of anilines is 1. The number of rotatable bonds is 11. The summed E-state index contributed by atoms with van der Waals surface area (Å²) in [6, 6.07) is 21.6. The number of carbonyl (C=O) groups excluding carboxylic acids is 2. The Bertz CT molecular complexity index is 1440. The summed E-state index contributed by atoms with van der Waals surface area (Å²) in [4.78, 5) is 29.1. The molecule has 41 heavy (non-hydrogen) atoms. The van der Waals surface area contributed by atoms with Crippen LogP contribution in [0.15, 0.2) is 83.8 Å². The highest BCUT2D eigenvalue weighted by molar-refractivity contribution is 7.92. The first-order chi connectivity index (χ1) is 19.7. The van der Waals surface area contributed by atoms with Crippen LogP contribution in [0.2, 0.25) is 0 Å². The molecule has 1 aliphatic carbocycles. The lowest BCUT2D eigenvalue weighted by atomic mass is 9.95. The van der Waals surface area contributed by atoms with Crippen LogP contribution in [-0.2, 0) is 26.2 Å². The topological polar surface area (TPSA) is 96.0 Å². The van der Waals surface area contributed by atoms with Gasteiger partial charge in [0.05, 0.1) is 17.7 Å². The third-order valence-corrected chi connectivity index (χ3v) is 9.29. The molecule has 1 aliphatic rings. The van der Waals surface area contributed by atoms with E-state index in [2.05, 4.69) is 5.32 Å². The molecule has 0 aromatic heterocycles. The second-order valence-corrected chi connectivity index (χ2v) is 12.4. The lowest BCUT2D eigenvalue weighted by molar-refractivity contribution is -0.139. The first-order valence-corrected chi connectivity index (χ1v) is 15.5. The summed E-state index contributed by atoms with van der Waals surface area (Å²) in [6.07, 6.45) is 5.12. The van der Waals surface area contributed by atoms with Gasteiger partial charge in [0.1, 0.15) is 18.3 Å². The summed E-state index contributed by atoms with van der Waals surface area (Å²) in [5.74, 6) is -0.108. The summed E-state index contributed by atoms with van der Waals surface area (Å²) < 4.78 is 34.2. The normalized spacial score (nSPS) is 14.6. The third-order valence-electron chi connectivity index (χ3n) is 7.51. The lowest BCUT2D eigenvalue weighted by Crippen LogP contribution is -2.53. The van der Waals surface area contributed by atoms with Crippen LogP contribution in [-0.4, -0.2) is 50.9 Å². The molecule has 0 heterocycles. The highest BCUT2D eigenvalue weighted by Crippen LogP contribution is 2.26. The van der Waals surface area contributed by atoms with Crippen molar-refractivity contribution in [2.24, 2.45) is 0 Å². The fourth-order valence-electron chi connectivity index (χ4n) is 5.15. The van der Waals surface area contributed by atoms with Crippen LogP contribution in [0.25, 0.3) is 0 Å². The highest BCUT2D eigenvalue weighted by atomic mass is 32.2. The Hall–Kier alpha value is -3.85. The van der Waals surface area contributed by atoms with Crippen molar-refractivity contribution in [3.8, 4) is 5.75 Å². The van der Waals surface area contributed by atoms with Crippen LogP contribution in [0.5, 0.6) is 5.75 Å². The Kier molecular flexibility index (Phi) is 10.0. The molecule has 1 fully saturated rings. The number of carbonyl (C=O) groups is 2. The van der Waals surface area contributed by atoms with Gasteiger partial charge >= 0.3 is 0 Å². The van der Waals surface area contributed by atoms with Gasteiger partial charge in [-0.25, -0.2) is 8.42 Å². The fourth-order valence-corrected chi connectivity index (χ4v) is 6.58. The van der Waals surface area contributed by atoms with Gasteiger partial charge in [-0.2, -0.15) is 0 Å². The molecular formula is C32H39N3O5S. The summed E-state index contributed by atoms with van der Waals surface area (Å²) in [6.45, 7) is 3.21. The monoisotopic (exact) mass is 577 g/mol. The summed E-state index contributed by atoms with van der Waals surface area (Å²) in [5.41, 5.74) is 2.00. The largest absolute Gasteiger partial charge is 0.497 e. The smallest absolute Gasteiger partial charge is 0.264 e. The predicted octanol–water partition coefficient (Wildman–Crippen LogP) is 5.07. The number of amides is 2. The van der Waals surface area contributed by atoms with Crippen LogP contribution < -0.4 is 14.4 Å². The molecule has 0 aliphatic heterocycles. The van der Waals surface area contributed by atoms with Crippen molar-refractivity contribution in [2.75, 3.05) is 18.0 Å². The minimum Gasteiger partial charge on any atom is -0.497 e. The average Bonchev–Trinajstić information content (AvgIpc) is 2.99. The van der Waals surface area contributed by atoms with E-state index in [1.165, 1.54) is 17.0 Å². The van der Waals surface area contributed by atoms with Crippen molar-refractivity contribution < 1.29 is 22.7 Å². The Morgan fingerprint density at radius 3 is 2.34 bits per heavy atom. The molecule has 1 atom stereocenters. The van der Waals surface area contributed by atoms with Gasteiger partial charge < -0.3 is 15.0 Å². The molecule has 218 valence electrons. The Labute approximate surface area is 243 Å². The van der Waals surface area contributed by atoms with Gasteiger partial charge in [0.2, 0.25) is 11.8 Å². The van der Waals surface area contributed by atoms with Gasteiger partial charge in [0, 0.05) is 12.6 Å². The van der Waals surface area contributed by atoms with E-state index in [4.69, 9.17) is 4.74 Å². The molecule has 0 radical (unpaired) electrons. The molecule has 9 heteroatoms. The van der Waals surface area contributed by atoms with Gasteiger partial charge in [-0.3, -0.25) is 13.9 Å². The second-order valence-electron chi connectivity index (χ2n) is 10.6. The first-order valence-electron chi connectivity index (χ1n) is 14.1. The second kappa shape index (κ2) is 13.7. The molecule has 0 spiro atoms. The Morgan fingerprint density at radius 2 is 1.66 bits per heavy atom. The van der Waals surface area contributed by atoms with Gasteiger partial charge in [-0.05, 0) is 74.2 Å². The van der Waals surface area contributed by atoms with Gasteiger partial charge in [-0.15, -0.1) is 0 Å². The van der Waals surface area contributed by atoms with E-state index < -0.39 is 28.5 Å². The minimum atomic E-state index is -4.09. The highest BCUT2D eigenvalue weighted by Gasteiger charge is 2.33. The van der Waals surface area contributed by atoms with Crippen molar-refractivity contribution in [1.82, 2.24) is 10.2 Å². The molecule has 0 bridgehead atoms. The molecule has 0 saturated heterocycles. The minimum absolute atomic E-state index is 0.0784. The summed E-state index contributed by atoms with van der Waals surface area (Å²) >= 11 is 0. The van der Waals surface area contributed by atoms with Gasteiger partial charge in [0.15, 0.2) is 0 Å². The van der Waals surface area contributed by atoms with Gasteiger partial charge in [0.25, 0.3) is 10.0 Å². The van der Waals surface area contributed by atoms with Crippen molar-refractivity contribution in [2.45, 2.75) is 69.5 Å². The van der Waals surface area contributed by atoms with E-state index in [0.29, 0.717) is 11.4 Å². The molecular weight excluding hydrogens is 538 g/mol. The number of methoxy groups -OCH3 is 1. The number of hydrogen-bond donors (Lipinski definition) is 1. The van der Waals surface area contributed by atoms with Crippen LogP contribution >= 0.6 is 0 Å². The van der Waals surface area contributed by atoms with E-state index in [0.717, 1.165) is 47.5 Å². The van der Waals surface area contributed by atoms with E-state index in [1.54, 1.807) is 56.5 Å². The van der Waals surface area contributed by atoms with E-state index in [9.17, 15) is 18.0 Å². The molecule has 3 aromatic carbocycles. The lowest BCUT2D eigenvalue weighted by Gasteiger charge is -2.33. The van der Waals surface area contributed by atoms with Crippen LogP contribution in [0.3, 0.4) is 0 Å². The van der Waals surface area contributed by atoms with E-state index in [1.807, 2.05) is 31.2 Å². The van der Waals surface area contributed by atoms with Crippen LogP contribution in [0.4, 0.5) is 5.69 Å². The Balaban J connectivity index is 1.67. The quantitative estimate of drug-likeness (QED) is 0.344. The standard InChI is InChI=1S/C32H39N3O5S/c1-24-12-10-16-28(20-24)35(41(38,39)30-18-8-5-9-19-30)23-31(36)34(22-26-13-11-17-29(21-26)40-3)25(2)32(37)33-27-14-6-4-7-15-27/h5,8-13,16-21,25,27H,4,6-7,14-15,22-23H2,1-3H3,(H,33,37)/t25-/m1/s1. The maximum absolute atomic E-state index is 14.1. The Morgan fingerprint density at radius 1 is 0.951 bits per heavy atom. The first kappa shape index (κ1) is 30.1. The number of hydrogen-bond acceptors (Lipinski definition) is 5. The van der Waals surface area contributed by atoms with Crippen LogP contribution in [0.1, 0.15) is 50.2 Å². The third kappa shape index (κ3) is 7.67. The van der Waals surface area contributed by atoms with Crippen molar-refractivity contribution in [3.05, 3.63) is 90.0 Å². The number of ether oxygens (including phenoxy) is 1. The number of sulfonamides is 1. The predicted molar refractivity (Wildman–Crippen MR) is 160 cm³/mol. The molecule has 0 unspecified atom stereocenters. The number of aryl methyl sites for hydroxylation is 1. The molecule has 8 nitrogen and oxygen atoms in total. The molecule has 2 amide bonds. The molecule has 1 N–H and O–H groups in total. The molecule has 1 saturated carbocycles. The molecule has 4 rings (SSSR count). The number of nitrogens with one attached hydrogen (secondary N) is 1. The number of nitrogens with zero attached hydrogens (tertiary/aromatic N) is 2. The summed E-state index contributed by atoms with van der Waals surface area (Å²) in [5, 5.41) is 3.12. The van der Waals surface area contributed by atoms with Crippen LogP contribution in [0, 0.1) is 6.92 Å². The molecule has 3 aromatic rings. The van der Waals surface area contributed by atoms with Crippen molar-refractivity contribution >= 4 is 27.5 Å². The van der Waals surface area contributed by atoms with Gasteiger partial charge in [-0.1, -0.05) is 61.7 Å². The maximum Gasteiger partial charge on any atom is 0.264 e. The SMILES string of the molecule is COc1cccc(CN(C(=O)CN(c2cccc(C)c2)S(=O)(=O)c2ccccc2)[C@H](C)C(=O)NC2CCCCC2)c1. The average molecular weight is 578 g/mol. The maximum atomic E-state index is 14.1. The fraction of sp³-hybridized carbons (Fsp3) is 0.375. The van der Waals surface area contributed by atoms with Crippen molar-refractivity contribution in [3.63, 3.8) is 0 Å². The zero-order valence-corrected chi connectivity index (χ0v) is 24.8. The van der Waals surface area contributed by atoms with Crippen molar-refractivity contribution in [1.29, 1.82) is 0 Å².